The highest BCUT2D eigenvalue weighted by Gasteiger charge is 2.20. The first-order valence-electron chi connectivity index (χ1n) is 11.1. The molecule has 0 saturated heterocycles. The highest BCUT2D eigenvalue weighted by atomic mass is 32.1. The third-order valence-corrected chi connectivity index (χ3v) is 6.98. The highest BCUT2D eigenvalue weighted by Crippen LogP contribution is 2.28. The number of fused-ring (bicyclic) bond motifs is 1. The molecule has 2 aromatic heterocycles. The topological polar surface area (TPSA) is 72.7 Å². The maximum Gasteiger partial charge on any atom is 0.267 e. The molecule has 1 N–H and O–H groups in total. The van der Waals surface area contributed by atoms with Crippen LogP contribution in [0.3, 0.4) is 0 Å². The van der Waals surface area contributed by atoms with Crippen LogP contribution in [-0.4, -0.2) is 25.7 Å². The molecule has 1 aliphatic heterocycles. The van der Waals surface area contributed by atoms with Crippen LogP contribution >= 0.6 is 11.3 Å². The molecule has 2 aromatic carbocycles. The minimum atomic E-state index is -0.491. The molecule has 8 heteroatoms. The molecule has 4 aromatic rings. The van der Waals surface area contributed by atoms with Crippen LogP contribution in [0.25, 0.3) is 11.4 Å². The smallest absolute Gasteiger partial charge is 0.267 e. The van der Waals surface area contributed by atoms with Crippen LogP contribution in [-0.2, 0) is 19.4 Å². The molecule has 33 heavy (non-hydrogen) atoms. The van der Waals surface area contributed by atoms with Crippen molar-refractivity contribution in [3.63, 3.8) is 0 Å². The van der Waals surface area contributed by atoms with Gasteiger partial charge in [0.05, 0.1) is 16.4 Å². The van der Waals surface area contributed by atoms with Crippen LogP contribution in [0.1, 0.15) is 51.0 Å². The number of amides is 1. The number of carbonyl (C=O) groups excluding carboxylic acids is 1. The van der Waals surface area contributed by atoms with E-state index in [1.807, 2.05) is 30.3 Å². The summed E-state index contributed by atoms with van der Waals surface area (Å²) < 4.78 is 16.7. The molecule has 1 amide bonds. The van der Waals surface area contributed by atoms with Gasteiger partial charge in [0.15, 0.2) is 5.82 Å². The maximum absolute atomic E-state index is 14.6. The summed E-state index contributed by atoms with van der Waals surface area (Å²) in [5.41, 5.74) is 2.63. The molecular weight excluding hydrogens is 437 g/mol. The van der Waals surface area contributed by atoms with Gasteiger partial charge >= 0.3 is 0 Å². The fourth-order valence-electron chi connectivity index (χ4n) is 4.15. The Morgan fingerprint density at radius 2 is 1.97 bits per heavy atom. The molecule has 3 heterocycles. The predicted octanol–water partition coefficient (Wildman–Crippen LogP) is 5.42. The lowest BCUT2D eigenvalue weighted by Gasteiger charge is -2.10. The molecule has 0 bridgehead atoms. The van der Waals surface area contributed by atoms with Gasteiger partial charge in [-0.25, -0.2) is 9.37 Å². The lowest BCUT2D eigenvalue weighted by atomic mass is 10.1. The molecular formula is C25H24FN5OS. The van der Waals surface area contributed by atoms with Gasteiger partial charge in [-0.05, 0) is 43.5 Å². The maximum atomic E-state index is 14.6. The average molecular weight is 462 g/mol. The fourth-order valence-corrected chi connectivity index (χ4v) is 5.14. The zero-order chi connectivity index (χ0) is 22.8. The van der Waals surface area contributed by atoms with E-state index in [2.05, 4.69) is 25.1 Å². The first-order chi connectivity index (χ1) is 16.1. The van der Waals surface area contributed by atoms with E-state index in [-0.39, 0.29) is 11.6 Å². The number of hydrogen-bond donors (Lipinski definition) is 1. The van der Waals surface area contributed by atoms with Gasteiger partial charge in [0.2, 0.25) is 0 Å². The summed E-state index contributed by atoms with van der Waals surface area (Å²) in [7, 11) is 0. The number of halogens is 1. The van der Waals surface area contributed by atoms with Crippen LogP contribution in [0.15, 0.2) is 48.5 Å². The van der Waals surface area contributed by atoms with Gasteiger partial charge in [-0.2, -0.15) is 0 Å². The summed E-state index contributed by atoms with van der Waals surface area (Å²) in [6.45, 7) is 2.65. The van der Waals surface area contributed by atoms with Gasteiger partial charge in [-0.1, -0.05) is 36.8 Å². The van der Waals surface area contributed by atoms with Crippen LogP contribution in [0.2, 0.25) is 0 Å². The second-order valence-corrected chi connectivity index (χ2v) is 9.32. The van der Waals surface area contributed by atoms with Crippen molar-refractivity contribution in [1.82, 2.24) is 19.7 Å². The van der Waals surface area contributed by atoms with Gasteiger partial charge in [0.25, 0.3) is 5.91 Å². The second kappa shape index (κ2) is 9.23. The first kappa shape index (κ1) is 21.5. The normalized spacial score (nSPS) is 13.4. The van der Waals surface area contributed by atoms with Crippen molar-refractivity contribution < 1.29 is 9.18 Å². The van der Waals surface area contributed by atoms with E-state index in [0.29, 0.717) is 22.8 Å². The van der Waals surface area contributed by atoms with E-state index in [0.717, 1.165) is 54.2 Å². The van der Waals surface area contributed by atoms with Crippen molar-refractivity contribution in [1.29, 1.82) is 0 Å². The summed E-state index contributed by atoms with van der Waals surface area (Å²) in [5.74, 6) is 0.819. The first-order valence-corrected chi connectivity index (χ1v) is 11.9. The van der Waals surface area contributed by atoms with Crippen molar-refractivity contribution in [3.8, 4) is 11.4 Å². The Balaban J connectivity index is 1.38. The Morgan fingerprint density at radius 1 is 1.12 bits per heavy atom. The molecule has 1 aliphatic rings. The minimum absolute atomic E-state index is 0.126. The molecule has 0 atom stereocenters. The number of aryl methyl sites for hydroxylation is 2. The largest absolute Gasteiger partial charge is 0.319 e. The molecule has 0 saturated carbocycles. The molecule has 6 nitrogen and oxygen atoms in total. The number of rotatable bonds is 5. The number of thiazole rings is 1. The van der Waals surface area contributed by atoms with Crippen LogP contribution in [0.5, 0.6) is 0 Å². The number of nitrogens with one attached hydrogen (secondary N) is 1. The SMILES string of the molecule is Cc1nc(Cc2ccccc2)sc1C(=O)Nc1cc(-c2nnc3n2CCCCC3)ccc1F. The molecule has 0 radical (unpaired) electrons. The summed E-state index contributed by atoms with van der Waals surface area (Å²) in [4.78, 5) is 18.0. The molecule has 0 aliphatic carbocycles. The molecule has 5 rings (SSSR count). The Bertz CT molecular complexity index is 1300. The van der Waals surface area contributed by atoms with E-state index in [9.17, 15) is 9.18 Å². The van der Waals surface area contributed by atoms with Crippen LogP contribution < -0.4 is 5.32 Å². The Hall–Kier alpha value is -3.39. The average Bonchev–Trinajstić information content (AvgIpc) is 3.30. The van der Waals surface area contributed by atoms with Crippen LogP contribution in [0.4, 0.5) is 10.1 Å². The summed E-state index contributed by atoms with van der Waals surface area (Å²) in [6.07, 6.45) is 4.88. The third kappa shape index (κ3) is 4.57. The van der Waals surface area contributed by atoms with E-state index < -0.39 is 5.82 Å². The molecule has 0 unspecified atom stereocenters. The zero-order valence-corrected chi connectivity index (χ0v) is 19.2. The highest BCUT2D eigenvalue weighted by molar-refractivity contribution is 7.14. The number of carbonyl (C=O) groups is 1. The monoisotopic (exact) mass is 461 g/mol. The van der Waals surface area contributed by atoms with Crippen molar-refractivity contribution in [3.05, 3.63) is 81.3 Å². The fraction of sp³-hybridized carbons (Fsp3) is 0.280. The minimum Gasteiger partial charge on any atom is -0.319 e. The third-order valence-electron chi connectivity index (χ3n) is 5.83. The van der Waals surface area contributed by atoms with Crippen molar-refractivity contribution in [2.75, 3.05) is 5.32 Å². The Kier molecular flexibility index (Phi) is 6.00. The zero-order valence-electron chi connectivity index (χ0n) is 18.3. The standard InChI is InChI=1S/C25H24FN5OS/c1-16-23(33-22(27-16)14-17-8-4-2-5-9-17)25(32)28-20-15-18(11-12-19(20)26)24-30-29-21-10-6-3-7-13-31(21)24/h2,4-5,8-9,11-12,15H,3,6-7,10,13-14H2,1H3,(H,28,32). The number of aromatic nitrogens is 4. The van der Waals surface area contributed by atoms with E-state index in [1.165, 1.54) is 17.4 Å². The lowest BCUT2D eigenvalue weighted by Crippen LogP contribution is -2.13. The van der Waals surface area contributed by atoms with Crippen molar-refractivity contribution in [2.45, 2.75) is 45.6 Å². The Labute approximate surface area is 195 Å². The van der Waals surface area contributed by atoms with E-state index in [1.54, 1.807) is 19.1 Å². The van der Waals surface area contributed by atoms with Crippen LogP contribution in [0, 0.1) is 12.7 Å². The van der Waals surface area contributed by atoms with Gasteiger partial charge < -0.3 is 9.88 Å². The van der Waals surface area contributed by atoms with Crippen molar-refractivity contribution >= 4 is 22.9 Å². The lowest BCUT2D eigenvalue weighted by molar-refractivity contribution is 0.102. The number of benzene rings is 2. The van der Waals surface area contributed by atoms with Gasteiger partial charge in [0.1, 0.15) is 16.5 Å². The Morgan fingerprint density at radius 3 is 2.82 bits per heavy atom. The summed E-state index contributed by atoms with van der Waals surface area (Å²) in [5, 5.41) is 12.3. The summed E-state index contributed by atoms with van der Waals surface area (Å²) >= 11 is 1.34. The number of hydrogen-bond acceptors (Lipinski definition) is 5. The summed E-state index contributed by atoms with van der Waals surface area (Å²) in [6, 6.07) is 14.7. The van der Waals surface area contributed by atoms with E-state index >= 15 is 0 Å². The number of nitrogens with zero attached hydrogens (tertiary/aromatic N) is 4. The van der Waals surface area contributed by atoms with E-state index in [4.69, 9.17) is 0 Å². The number of anilines is 1. The second-order valence-electron chi connectivity index (χ2n) is 8.24. The van der Waals surface area contributed by atoms with Gasteiger partial charge in [-0.15, -0.1) is 21.5 Å². The van der Waals surface area contributed by atoms with Crippen molar-refractivity contribution in [2.24, 2.45) is 0 Å². The molecule has 0 fully saturated rings. The molecule has 168 valence electrons. The quantitative estimate of drug-likeness (QED) is 0.431. The predicted molar refractivity (Wildman–Crippen MR) is 127 cm³/mol. The molecule has 0 spiro atoms. The van der Waals surface area contributed by atoms with Gasteiger partial charge in [0, 0.05) is 24.9 Å². The van der Waals surface area contributed by atoms with Gasteiger partial charge in [-0.3, -0.25) is 4.79 Å².